The smallest absolute Gasteiger partial charge is 0.250 e. The van der Waals surface area contributed by atoms with E-state index in [-0.39, 0.29) is 23.3 Å². The molecule has 1 atom stereocenters. The lowest BCUT2D eigenvalue weighted by atomic mass is 10.1. The number of hydrogen-bond acceptors (Lipinski definition) is 6. The van der Waals surface area contributed by atoms with Gasteiger partial charge in [-0.25, -0.2) is 0 Å². The maximum absolute atomic E-state index is 12.4. The summed E-state index contributed by atoms with van der Waals surface area (Å²) < 4.78 is 8.04. The molecule has 0 fully saturated rings. The molecule has 0 saturated heterocycles. The standard InChI is InChI=1S/C23H27N5O3S/c1-5-28-22(16(4)31-17-11-14(2)10-15(3)12-17)26-27-23(28)32-13-20(29)25-19-9-7-6-8-18(19)21(24)30/h6-12,16H,5,13H2,1-4H3,(H2,24,30)(H,25,29). The second-order valence-corrected chi connectivity index (χ2v) is 8.36. The number of rotatable bonds is 9. The highest BCUT2D eigenvalue weighted by molar-refractivity contribution is 7.99. The normalized spacial score (nSPS) is 11.8. The number of benzene rings is 2. The Morgan fingerprint density at radius 3 is 2.50 bits per heavy atom. The predicted octanol–water partition coefficient (Wildman–Crippen LogP) is 3.88. The van der Waals surface area contributed by atoms with Crippen molar-refractivity contribution >= 4 is 29.3 Å². The summed E-state index contributed by atoms with van der Waals surface area (Å²) in [5.74, 6) is 0.713. The zero-order valence-electron chi connectivity index (χ0n) is 18.6. The van der Waals surface area contributed by atoms with Gasteiger partial charge in [-0.15, -0.1) is 10.2 Å². The van der Waals surface area contributed by atoms with Crippen molar-refractivity contribution in [1.82, 2.24) is 14.8 Å². The second-order valence-electron chi connectivity index (χ2n) is 7.42. The van der Waals surface area contributed by atoms with E-state index in [0.29, 0.717) is 23.2 Å². The number of para-hydroxylation sites is 1. The molecule has 168 valence electrons. The molecule has 3 aromatic rings. The average molecular weight is 454 g/mol. The van der Waals surface area contributed by atoms with Crippen LogP contribution in [0.15, 0.2) is 47.6 Å². The van der Waals surface area contributed by atoms with E-state index >= 15 is 0 Å². The van der Waals surface area contributed by atoms with Crippen LogP contribution in [0.2, 0.25) is 0 Å². The molecule has 0 aliphatic rings. The van der Waals surface area contributed by atoms with Gasteiger partial charge in [-0.3, -0.25) is 9.59 Å². The summed E-state index contributed by atoms with van der Waals surface area (Å²) in [5.41, 5.74) is 8.28. The molecule has 0 bridgehead atoms. The van der Waals surface area contributed by atoms with Gasteiger partial charge in [-0.2, -0.15) is 0 Å². The molecule has 2 amide bonds. The molecular formula is C23H27N5O3S. The SMILES string of the molecule is CCn1c(SCC(=O)Nc2ccccc2C(N)=O)nnc1C(C)Oc1cc(C)cc(C)c1. The van der Waals surface area contributed by atoms with E-state index in [2.05, 4.69) is 21.6 Å². The number of hydrogen-bond donors (Lipinski definition) is 2. The molecule has 0 aliphatic heterocycles. The van der Waals surface area contributed by atoms with E-state index in [1.165, 1.54) is 11.8 Å². The third-order valence-electron chi connectivity index (χ3n) is 4.73. The summed E-state index contributed by atoms with van der Waals surface area (Å²) in [7, 11) is 0. The van der Waals surface area contributed by atoms with Gasteiger partial charge in [0.2, 0.25) is 5.91 Å². The first-order valence-electron chi connectivity index (χ1n) is 10.3. The van der Waals surface area contributed by atoms with Crippen molar-refractivity contribution in [3.8, 4) is 5.75 Å². The summed E-state index contributed by atoms with van der Waals surface area (Å²) in [6, 6.07) is 12.7. The number of nitrogens with zero attached hydrogens (tertiary/aromatic N) is 3. The molecule has 8 nitrogen and oxygen atoms in total. The van der Waals surface area contributed by atoms with E-state index in [4.69, 9.17) is 10.5 Å². The molecule has 1 unspecified atom stereocenters. The molecular weight excluding hydrogens is 426 g/mol. The molecule has 2 aromatic carbocycles. The number of aromatic nitrogens is 3. The molecule has 32 heavy (non-hydrogen) atoms. The van der Waals surface area contributed by atoms with Crippen LogP contribution in [0.5, 0.6) is 5.75 Å². The van der Waals surface area contributed by atoms with Gasteiger partial charge in [-0.05, 0) is 63.1 Å². The Bertz CT molecular complexity index is 1110. The molecule has 3 N–H and O–H groups in total. The van der Waals surface area contributed by atoms with Crippen LogP contribution in [0.25, 0.3) is 0 Å². The van der Waals surface area contributed by atoms with Gasteiger partial charge in [0.15, 0.2) is 17.1 Å². The highest BCUT2D eigenvalue weighted by Crippen LogP contribution is 2.26. The van der Waals surface area contributed by atoms with Gasteiger partial charge in [-0.1, -0.05) is 30.0 Å². The number of carbonyl (C=O) groups is 2. The van der Waals surface area contributed by atoms with Crippen LogP contribution < -0.4 is 15.8 Å². The second kappa shape index (κ2) is 10.3. The molecule has 1 aromatic heterocycles. The van der Waals surface area contributed by atoms with E-state index in [1.54, 1.807) is 24.3 Å². The highest BCUT2D eigenvalue weighted by Gasteiger charge is 2.20. The number of ether oxygens (including phenoxy) is 1. The van der Waals surface area contributed by atoms with E-state index in [9.17, 15) is 9.59 Å². The van der Waals surface area contributed by atoms with Crippen molar-refractivity contribution in [1.29, 1.82) is 0 Å². The molecule has 0 saturated carbocycles. The third-order valence-corrected chi connectivity index (χ3v) is 5.70. The molecule has 0 spiro atoms. The number of amides is 2. The van der Waals surface area contributed by atoms with Crippen molar-refractivity contribution in [3.05, 3.63) is 65.0 Å². The fourth-order valence-electron chi connectivity index (χ4n) is 3.39. The van der Waals surface area contributed by atoms with Crippen molar-refractivity contribution in [2.75, 3.05) is 11.1 Å². The number of nitrogens with one attached hydrogen (secondary N) is 1. The zero-order valence-corrected chi connectivity index (χ0v) is 19.4. The average Bonchev–Trinajstić information content (AvgIpc) is 3.15. The minimum Gasteiger partial charge on any atom is -0.483 e. The molecule has 3 rings (SSSR count). The van der Waals surface area contributed by atoms with Crippen molar-refractivity contribution in [2.45, 2.75) is 45.5 Å². The van der Waals surface area contributed by atoms with Crippen molar-refractivity contribution in [2.24, 2.45) is 5.73 Å². The number of aryl methyl sites for hydroxylation is 2. The van der Waals surface area contributed by atoms with Crippen molar-refractivity contribution in [3.63, 3.8) is 0 Å². The number of primary amides is 1. The Labute approximate surface area is 191 Å². The Hall–Kier alpha value is -3.33. The van der Waals surface area contributed by atoms with Crippen LogP contribution in [0, 0.1) is 13.8 Å². The van der Waals surface area contributed by atoms with Gasteiger partial charge in [0.05, 0.1) is 17.0 Å². The van der Waals surface area contributed by atoms with Gasteiger partial charge >= 0.3 is 0 Å². The minimum atomic E-state index is -0.596. The topological polar surface area (TPSA) is 112 Å². The van der Waals surface area contributed by atoms with E-state index < -0.39 is 5.91 Å². The van der Waals surface area contributed by atoms with Crippen molar-refractivity contribution < 1.29 is 14.3 Å². The number of carbonyl (C=O) groups excluding carboxylic acids is 2. The first kappa shape index (κ1) is 23.3. The third kappa shape index (κ3) is 5.67. The Kier molecular flexibility index (Phi) is 7.53. The molecule has 0 aliphatic carbocycles. The van der Waals surface area contributed by atoms with Crippen LogP contribution in [-0.4, -0.2) is 32.3 Å². The monoisotopic (exact) mass is 453 g/mol. The Balaban J connectivity index is 1.67. The van der Waals surface area contributed by atoms with Gasteiger partial charge in [0, 0.05) is 6.54 Å². The summed E-state index contributed by atoms with van der Waals surface area (Å²) in [6.45, 7) is 8.61. The Morgan fingerprint density at radius 2 is 1.84 bits per heavy atom. The number of anilines is 1. The predicted molar refractivity (Wildman–Crippen MR) is 125 cm³/mol. The first-order chi connectivity index (χ1) is 15.3. The van der Waals surface area contributed by atoms with Crippen LogP contribution in [-0.2, 0) is 11.3 Å². The van der Waals surface area contributed by atoms with Gasteiger partial charge < -0.3 is 20.4 Å². The van der Waals surface area contributed by atoms with Crippen LogP contribution in [0.4, 0.5) is 5.69 Å². The van der Waals surface area contributed by atoms with E-state index in [1.807, 2.05) is 44.4 Å². The lowest BCUT2D eigenvalue weighted by Gasteiger charge is -2.16. The number of thioether (sulfide) groups is 1. The van der Waals surface area contributed by atoms with Crippen LogP contribution >= 0.6 is 11.8 Å². The maximum Gasteiger partial charge on any atom is 0.250 e. The lowest BCUT2D eigenvalue weighted by molar-refractivity contribution is -0.113. The fourth-order valence-corrected chi connectivity index (χ4v) is 4.20. The van der Waals surface area contributed by atoms with Gasteiger partial charge in [0.25, 0.3) is 5.91 Å². The van der Waals surface area contributed by atoms with Crippen LogP contribution in [0.1, 0.15) is 47.3 Å². The summed E-state index contributed by atoms with van der Waals surface area (Å²) in [5, 5.41) is 11.9. The van der Waals surface area contributed by atoms with Crippen LogP contribution in [0.3, 0.4) is 0 Å². The molecule has 1 heterocycles. The first-order valence-corrected chi connectivity index (χ1v) is 11.3. The van der Waals surface area contributed by atoms with Gasteiger partial charge in [0.1, 0.15) is 5.75 Å². The quantitative estimate of drug-likeness (QED) is 0.476. The van der Waals surface area contributed by atoms with E-state index in [0.717, 1.165) is 16.9 Å². The number of nitrogens with two attached hydrogens (primary N) is 1. The Morgan fingerprint density at radius 1 is 1.16 bits per heavy atom. The zero-order chi connectivity index (χ0) is 23.3. The molecule has 0 radical (unpaired) electrons. The summed E-state index contributed by atoms with van der Waals surface area (Å²) in [6.07, 6.45) is -0.311. The maximum atomic E-state index is 12.4. The summed E-state index contributed by atoms with van der Waals surface area (Å²) >= 11 is 1.27. The largest absolute Gasteiger partial charge is 0.483 e. The fraction of sp³-hybridized carbons (Fsp3) is 0.304. The summed E-state index contributed by atoms with van der Waals surface area (Å²) in [4.78, 5) is 24.0. The highest BCUT2D eigenvalue weighted by atomic mass is 32.2. The minimum absolute atomic E-state index is 0.109. The lowest BCUT2D eigenvalue weighted by Crippen LogP contribution is -2.19. The molecule has 9 heteroatoms.